The molecule has 140 valence electrons. The molecule has 0 aromatic heterocycles. The lowest BCUT2D eigenvalue weighted by atomic mass is 10.1. The van der Waals surface area contributed by atoms with E-state index in [2.05, 4.69) is 29.4 Å². The van der Waals surface area contributed by atoms with Crippen LogP contribution < -0.4 is 10.6 Å². The largest absolute Gasteiger partial charge is 0.381 e. The van der Waals surface area contributed by atoms with Crippen molar-refractivity contribution >= 4 is 5.96 Å². The van der Waals surface area contributed by atoms with E-state index in [1.54, 1.807) is 0 Å². The molecule has 0 bridgehead atoms. The van der Waals surface area contributed by atoms with E-state index < -0.39 is 0 Å². The van der Waals surface area contributed by atoms with Crippen molar-refractivity contribution in [2.75, 3.05) is 59.2 Å². The quantitative estimate of drug-likeness (QED) is 0.358. The number of nitrogens with zero attached hydrogens (tertiary/aromatic N) is 2. The van der Waals surface area contributed by atoms with E-state index in [1.165, 1.54) is 19.4 Å². The number of likely N-dealkylation sites (N-methyl/N-ethyl adjacent to an activating group) is 1. The molecule has 6 nitrogen and oxygen atoms in total. The third-order valence-corrected chi connectivity index (χ3v) is 4.85. The summed E-state index contributed by atoms with van der Waals surface area (Å²) >= 11 is 0. The summed E-state index contributed by atoms with van der Waals surface area (Å²) in [4.78, 5) is 7.31. The van der Waals surface area contributed by atoms with Gasteiger partial charge >= 0.3 is 0 Å². The van der Waals surface area contributed by atoms with Crippen molar-refractivity contribution in [1.29, 1.82) is 0 Å². The third-order valence-electron chi connectivity index (χ3n) is 4.85. The number of guanidine groups is 1. The maximum atomic E-state index is 5.74. The first-order valence-corrected chi connectivity index (χ1v) is 9.75. The van der Waals surface area contributed by atoms with E-state index in [-0.39, 0.29) is 0 Å². The van der Waals surface area contributed by atoms with Gasteiger partial charge in [0.05, 0.1) is 19.8 Å². The maximum absolute atomic E-state index is 5.74. The number of nitrogens with one attached hydrogen (secondary N) is 2. The SMILES string of the molecule is CCNC(=NCC1CCCN1CC)NCCCOCC1CCOC1. The molecular formula is C18H36N4O2. The highest BCUT2D eigenvalue weighted by Gasteiger charge is 2.22. The lowest BCUT2D eigenvalue weighted by Gasteiger charge is -2.21. The summed E-state index contributed by atoms with van der Waals surface area (Å²) in [6, 6.07) is 0.613. The minimum absolute atomic E-state index is 0.602. The second-order valence-electron chi connectivity index (χ2n) is 6.73. The fourth-order valence-electron chi connectivity index (χ4n) is 3.40. The average Bonchev–Trinajstić information content (AvgIpc) is 3.26. The highest BCUT2D eigenvalue weighted by Crippen LogP contribution is 2.16. The minimum atomic E-state index is 0.602. The van der Waals surface area contributed by atoms with Crippen molar-refractivity contribution in [3.63, 3.8) is 0 Å². The molecule has 2 fully saturated rings. The van der Waals surface area contributed by atoms with Gasteiger partial charge in [0.25, 0.3) is 0 Å². The summed E-state index contributed by atoms with van der Waals surface area (Å²) in [6.07, 6.45) is 4.73. The zero-order valence-corrected chi connectivity index (χ0v) is 15.6. The van der Waals surface area contributed by atoms with Gasteiger partial charge in [0.15, 0.2) is 5.96 Å². The van der Waals surface area contributed by atoms with Gasteiger partial charge in [-0.15, -0.1) is 0 Å². The van der Waals surface area contributed by atoms with Crippen LogP contribution in [0.25, 0.3) is 0 Å². The van der Waals surface area contributed by atoms with Gasteiger partial charge in [-0.3, -0.25) is 9.89 Å². The Kier molecular flexibility index (Phi) is 9.46. The van der Waals surface area contributed by atoms with Crippen LogP contribution in [0.5, 0.6) is 0 Å². The molecule has 0 aromatic rings. The highest BCUT2D eigenvalue weighted by molar-refractivity contribution is 5.79. The normalized spacial score (nSPS) is 25.3. The number of rotatable bonds is 10. The number of ether oxygens (including phenoxy) is 2. The van der Waals surface area contributed by atoms with Crippen molar-refractivity contribution in [2.45, 2.75) is 45.6 Å². The summed E-state index contributed by atoms with van der Waals surface area (Å²) in [7, 11) is 0. The second kappa shape index (κ2) is 11.7. The molecule has 0 saturated carbocycles. The van der Waals surface area contributed by atoms with Gasteiger partial charge in [-0.25, -0.2) is 0 Å². The molecule has 0 amide bonds. The van der Waals surface area contributed by atoms with Gasteiger partial charge in [0.1, 0.15) is 0 Å². The van der Waals surface area contributed by atoms with Crippen LogP contribution in [0.15, 0.2) is 4.99 Å². The van der Waals surface area contributed by atoms with Crippen LogP contribution in [-0.4, -0.2) is 76.1 Å². The first kappa shape index (κ1) is 19.5. The van der Waals surface area contributed by atoms with Gasteiger partial charge in [-0.2, -0.15) is 0 Å². The van der Waals surface area contributed by atoms with Crippen LogP contribution in [0.1, 0.15) is 39.5 Å². The Morgan fingerprint density at radius 2 is 2.21 bits per heavy atom. The molecule has 2 unspecified atom stereocenters. The fraction of sp³-hybridized carbons (Fsp3) is 0.944. The molecule has 0 aliphatic carbocycles. The van der Waals surface area contributed by atoms with Gasteiger partial charge in [-0.1, -0.05) is 6.92 Å². The predicted molar refractivity (Wildman–Crippen MR) is 98.6 cm³/mol. The lowest BCUT2D eigenvalue weighted by Crippen LogP contribution is -2.39. The molecule has 2 heterocycles. The van der Waals surface area contributed by atoms with E-state index in [0.717, 1.165) is 71.4 Å². The van der Waals surface area contributed by atoms with Crippen molar-refractivity contribution < 1.29 is 9.47 Å². The standard InChI is InChI=1S/C18H36N4O2/c1-3-19-18(21-13-17-7-5-10-22(17)4-2)20-9-6-11-23-14-16-8-12-24-15-16/h16-17H,3-15H2,1-2H3,(H2,19,20,21). The number of hydrogen-bond acceptors (Lipinski definition) is 4. The van der Waals surface area contributed by atoms with E-state index in [0.29, 0.717) is 12.0 Å². The summed E-state index contributed by atoms with van der Waals surface area (Å²) in [5, 5.41) is 6.76. The molecule has 0 spiro atoms. The smallest absolute Gasteiger partial charge is 0.191 e. The van der Waals surface area contributed by atoms with Crippen molar-refractivity contribution in [3.8, 4) is 0 Å². The number of hydrogen-bond donors (Lipinski definition) is 2. The summed E-state index contributed by atoms with van der Waals surface area (Å²) in [5.41, 5.74) is 0. The molecule has 0 radical (unpaired) electrons. The van der Waals surface area contributed by atoms with Gasteiger partial charge in [-0.05, 0) is 45.7 Å². The Hall–Kier alpha value is -0.850. The van der Waals surface area contributed by atoms with Crippen molar-refractivity contribution in [1.82, 2.24) is 15.5 Å². The van der Waals surface area contributed by atoms with E-state index in [9.17, 15) is 0 Å². The molecule has 2 saturated heterocycles. The zero-order chi connectivity index (χ0) is 17.0. The van der Waals surface area contributed by atoms with Gasteiger partial charge in [0.2, 0.25) is 0 Å². The first-order chi connectivity index (χ1) is 11.8. The van der Waals surface area contributed by atoms with Crippen LogP contribution in [-0.2, 0) is 9.47 Å². The van der Waals surface area contributed by atoms with Crippen LogP contribution in [0.3, 0.4) is 0 Å². The monoisotopic (exact) mass is 340 g/mol. The Balaban J connectivity index is 1.58. The molecule has 0 aromatic carbocycles. The number of aliphatic imine (C=N–C) groups is 1. The molecule has 2 N–H and O–H groups in total. The fourth-order valence-corrected chi connectivity index (χ4v) is 3.40. The van der Waals surface area contributed by atoms with Crippen molar-refractivity contribution in [2.24, 2.45) is 10.9 Å². The topological polar surface area (TPSA) is 58.1 Å². The molecule has 24 heavy (non-hydrogen) atoms. The lowest BCUT2D eigenvalue weighted by molar-refractivity contribution is 0.0888. The maximum Gasteiger partial charge on any atom is 0.191 e. The van der Waals surface area contributed by atoms with Crippen LogP contribution in [0, 0.1) is 5.92 Å². The zero-order valence-electron chi connectivity index (χ0n) is 15.6. The Morgan fingerprint density at radius 1 is 1.29 bits per heavy atom. The molecule has 2 atom stereocenters. The second-order valence-corrected chi connectivity index (χ2v) is 6.73. The Labute approximate surface area is 147 Å². The first-order valence-electron chi connectivity index (χ1n) is 9.75. The molecular weight excluding hydrogens is 304 g/mol. The molecule has 6 heteroatoms. The predicted octanol–water partition coefficient (Wildman–Crippen LogP) is 1.47. The molecule has 2 rings (SSSR count). The third kappa shape index (κ3) is 6.95. The summed E-state index contributed by atoms with van der Waals surface area (Å²) in [6.45, 7) is 12.8. The van der Waals surface area contributed by atoms with Crippen LogP contribution in [0.2, 0.25) is 0 Å². The summed E-state index contributed by atoms with van der Waals surface area (Å²) < 4.78 is 11.1. The van der Waals surface area contributed by atoms with Crippen LogP contribution in [0.4, 0.5) is 0 Å². The van der Waals surface area contributed by atoms with Crippen LogP contribution >= 0.6 is 0 Å². The summed E-state index contributed by atoms with van der Waals surface area (Å²) in [5.74, 6) is 1.54. The average molecular weight is 341 g/mol. The van der Waals surface area contributed by atoms with E-state index in [1.807, 2.05) is 0 Å². The van der Waals surface area contributed by atoms with Crippen molar-refractivity contribution in [3.05, 3.63) is 0 Å². The Bertz CT molecular complexity index is 359. The van der Waals surface area contributed by atoms with Gasteiger partial charge in [0, 0.05) is 38.3 Å². The molecule has 2 aliphatic rings. The minimum Gasteiger partial charge on any atom is -0.381 e. The molecule has 2 aliphatic heterocycles. The Morgan fingerprint density at radius 3 is 2.96 bits per heavy atom. The number of likely N-dealkylation sites (tertiary alicyclic amines) is 1. The van der Waals surface area contributed by atoms with E-state index in [4.69, 9.17) is 14.5 Å². The van der Waals surface area contributed by atoms with E-state index >= 15 is 0 Å². The highest BCUT2D eigenvalue weighted by atomic mass is 16.5. The van der Waals surface area contributed by atoms with Gasteiger partial charge < -0.3 is 20.1 Å².